The average molecular weight is 323 g/mol. The molecule has 1 aliphatic heterocycles. The van der Waals surface area contributed by atoms with E-state index in [4.69, 9.17) is 10.5 Å². The van der Waals surface area contributed by atoms with E-state index in [2.05, 4.69) is 18.8 Å². The number of thiazole rings is 1. The highest BCUT2D eigenvalue weighted by Crippen LogP contribution is 2.57. The first-order valence-electron chi connectivity index (χ1n) is 7.85. The predicted octanol–water partition coefficient (Wildman–Crippen LogP) is 1.94. The first kappa shape index (κ1) is 15.9. The summed E-state index contributed by atoms with van der Waals surface area (Å²) < 4.78 is 5.88. The molecule has 0 spiro atoms. The third-order valence-corrected chi connectivity index (χ3v) is 6.27. The standard InChI is InChI=1S/C16H25N3O2S/c1-10-18-11(9-22-10)8-19(4)14(20)16(17)12-6-5-7-21-13(12)15(16,2)3/h9,12-13H,5-8,17H2,1-4H3. The summed E-state index contributed by atoms with van der Waals surface area (Å²) in [5.74, 6) is 0.137. The Balaban J connectivity index is 1.78. The van der Waals surface area contributed by atoms with Crippen LogP contribution in [0, 0.1) is 18.3 Å². The van der Waals surface area contributed by atoms with Gasteiger partial charge in [-0.2, -0.15) is 0 Å². The molecule has 2 aliphatic rings. The molecular weight excluding hydrogens is 298 g/mol. The van der Waals surface area contributed by atoms with Crippen molar-refractivity contribution in [3.63, 3.8) is 0 Å². The molecular formula is C16H25N3O2S. The molecule has 1 aromatic rings. The van der Waals surface area contributed by atoms with Crippen molar-refractivity contribution in [2.75, 3.05) is 13.7 Å². The zero-order valence-electron chi connectivity index (χ0n) is 13.8. The molecule has 1 aromatic heterocycles. The zero-order valence-corrected chi connectivity index (χ0v) is 14.6. The van der Waals surface area contributed by atoms with Crippen molar-refractivity contribution in [2.24, 2.45) is 17.1 Å². The Hall–Kier alpha value is -0.980. The Labute approximate surface area is 135 Å². The van der Waals surface area contributed by atoms with Gasteiger partial charge < -0.3 is 15.4 Å². The fourth-order valence-electron chi connectivity index (χ4n) is 4.12. The van der Waals surface area contributed by atoms with Crippen molar-refractivity contribution in [1.29, 1.82) is 0 Å². The number of aryl methyl sites for hydroxylation is 1. The lowest BCUT2D eigenvalue weighted by Crippen LogP contribution is -2.82. The van der Waals surface area contributed by atoms with E-state index >= 15 is 0 Å². The molecule has 6 heteroatoms. The summed E-state index contributed by atoms with van der Waals surface area (Å²) >= 11 is 1.60. The first-order chi connectivity index (χ1) is 10.3. The number of carbonyl (C=O) groups is 1. The molecule has 1 aliphatic carbocycles. The van der Waals surface area contributed by atoms with Gasteiger partial charge in [-0.15, -0.1) is 11.3 Å². The third-order valence-electron chi connectivity index (χ3n) is 5.45. The van der Waals surface area contributed by atoms with Crippen LogP contribution in [-0.4, -0.2) is 41.1 Å². The molecule has 0 aromatic carbocycles. The first-order valence-corrected chi connectivity index (χ1v) is 8.73. The van der Waals surface area contributed by atoms with Crippen molar-refractivity contribution in [3.8, 4) is 0 Å². The van der Waals surface area contributed by atoms with Gasteiger partial charge in [0.2, 0.25) is 5.91 Å². The number of hydrogen-bond donors (Lipinski definition) is 1. The molecule has 122 valence electrons. The topological polar surface area (TPSA) is 68.5 Å². The molecule has 1 saturated heterocycles. The van der Waals surface area contributed by atoms with Crippen molar-refractivity contribution in [1.82, 2.24) is 9.88 Å². The van der Waals surface area contributed by atoms with Gasteiger partial charge in [-0.1, -0.05) is 13.8 Å². The second-order valence-corrected chi connectivity index (χ2v) is 8.21. The van der Waals surface area contributed by atoms with Gasteiger partial charge in [0, 0.05) is 30.4 Å². The van der Waals surface area contributed by atoms with Gasteiger partial charge in [-0.25, -0.2) is 4.98 Å². The number of fused-ring (bicyclic) bond motifs is 1. The summed E-state index contributed by atoms with van der Waals surface area (Å²) in [7, 11) is 1.82. The van der Waals surface area contributed by atoms with Gasteiger partial charge in [0.25, 0.3) is 0 Å². The quantitative estimate of drug-likeness (QED) is 0.923. The smallest absolute Gasteiger partial charge is 0.243 e. The third kappa shape index (κ3) is 2.12. The summed E-state index contributed by atoms with van der Waals surface area (Å²) in [5.41, 5.74) is 6.41. The highest BCUT2D eigenvalue weighted by atomic mass is 32.1. The van der Waals surface area contributed by atoms with Crippen LogP contribution in [0.15, 0.2) is 5.38 Å². The maximum atomic E-state index is 13.0. The van der Waals surface area contributed by atoms with Gasteiger partial charge in [-0.05, 0) is 19.8 Å². The van der Waals surface area contributed by atoms with E-state index in [1.807, 2.05) is 19.4 Å². The van der Waals surface area contributed by atoms with Gasteiger partial charge in [0.1, 0.15) is 5.54 Å². The second-order valence-electron chi connectivity index (χ2n) is 7.15. The Bertz CT molecular complexity index is 586. The SMILES string of the molecule is Cc1nc(CN(C)C(=O)C2(N)C3CCCOC3C2(C)C)cs1. The predicted molar refractivity (Wildman–Crippen MR) is 86.5 cm³/mol. The van der Waals surface area contributed by atoms with Crippen molar-refractivity contribution in [2.45, 2.75) is 51.8 Å². The lowest BCUT2D eigenvalue weighted by Gasteiger charge is -2.65. The molecule has 0 bridgehead atoms. The molecule has 0 radical (unpaired) electrons. The summed E-state index contributed by atoms with van der Waals surface area (Å²) in [6.45, 7) is 7.37. The van der Waals surface area contributed by atoms with E-state index in [0.29, 0.717) is 6.54 Å². The van der Waals surface area contributed by atoms with E-state index in [-0.39, 0.29) is 23.3 Å². The number of rotatable bonds is 3. The van der Waals surface area contributed by atoms with Gasteiger partial charge >= 0.3 is 0 Å². The monoisotopic (exact) mass is 323 g/mol. The molecule has 2 N–H and O–H groups in total. The molecule has 5 nitrogen and oxygen atoms in total. The van der Waals surface area contributed by atoms with Crippen molar-refractivity contribution in [3.05, 3.63) is 16.1 Å². The van der Waals surface area contributed by atoms with Gasteiger partial charge in [-0.3, -0.25) is 4.79 Å². The normalized spacial score (nSPS) is 33.0. The van der Waals surface area contributed by atoms with Crippen molar-refractivity contribution < 1.29 is 9.53 Å². The van der Waals surface area contributed by atoms with E-state index in [0.717, 1.165) is 30.2 Å². The van der Waals surface area contributed by atoms with Crippen LogP contribution in [0.3, 0.4) is 0 Å². The average Bonchev–Trinajstić information content (AvgIpc) is 2.90. The summed E-state index contributed by atoms with van der Waals surface area (Å²) in [4.78, 5) is 19.2. The minimum absolute atomic E-state index is 0.00917. The highest BCUT2D eigenvalue weighted by molar-refractivity contribution is 7.09. The van der Waals surface area contributed by atoms with Crippen molar-refractivity contribution >= 4 is 17.2 Å². The molecule has 22 heavy (non-hydrogen) atoms. The molecule has 3 unspecified atom stereocenters. The number of ether oxygens (including phenoxy) is 1. The van der Waals surface area contributed by atoms with Gasteiger partial charge in [0.05, 0.1) is 23.4 Å². The molecule has 2 fully saturated rings. The molecule has 2 heterocycles. The van der Waals surface area contributed by atoms with Crippen LogP contribution in [0.2, 0.25) is 0 Å². The Morgan fingerprint density at radius 3 is 2.95 bits per heavy atom. The minimum Gasteiger partial charge on any atom is -0.377 e. The number of hydrogen-bond acceptors (Lipinski definition) is 5. The molecule has 3 atom stereocenters. The van der Waals surface area contributed by atoms with E-state index < -0.39 is 5.54 Å². The molecule has 1 saturated carbocycles. The number of amides is 1. The van der Waals surface area contributed by atoms with Crippen LogP contribution in [0.25, 0.3) is 0 Å². The summed E-state index contributed by atoms with van der Waals surface area (Å²) in [6, 6.07) is 0. The van der Waals surface area contributed by atoms with E-state index in [9.17, 15) is 4.79 Å². The van der Waals surface area contributed by atoms with Crippen LogP contribution in [-0.2, 0) is 16.1 Å². The second kappa shape index (κ2) is 5.28. The fourth-order valence-corrected chi connectivity index (χ4v) is 4.73. The fraction of sp³-hybridized carbons (Fsp3) is 0.750. The van der Waals surface area contributed by atoms with Crippen LogP contribution < -0.4 is 5.73 Å². The molecule has 1 amide bonds. The van der Waals surface area contributed by atoms with Crippen LogP contribution in [0.4, 0.5) is 0 Å². The summed E-state index contributed by atoms with van der Waals surface area (Å²) in [5, 5.41) is 3.02. The number of carbonyl (C=O) groups excluding carboxylic acids is 1. The highest BCUT2D eigenvalue weighted by Gasteiger charge is 2.70. The Morgan fingerprint density at radius 1 is 1.59 bits per heavy atom. The van der Waals surface area contributed by atoms with E-state index in [1.54, 1.807) is 16.2 Å². The van der Waals surface area contributed by atoms with E-state index in [1.165, 1.54) is 0 Å². The Morgan fingerprint density at radius 2 is 2.32 bits per heavy atom. The maximum Gasteiger partial charge on any atom is 0.243 e. The molecule has 3 rings (SSSR count). The number of likely N-dealkylation sites (N-methyl/N-ethyl adjacent to an activating group) is 1. The maximum absolute atomic E-state index is 13.0. The van der Waals surface area contributed by atoms with Crippen LogP contribution >= 0.6 is 11.3 Å². The van der Waals surface area contributed by atoms with Crippen LogP contribution in [0.5, 0.6) is 0 Å². The largest absolute Gasteiger partial charge is 0.377 e. The lowest BCUT2D eigenvalue weighted by molar-refractivity contribution is -0.229. The minimum atomic E-state index is -0.835. The summed E-state index contributed by atoms with van der Waals surface area (Å²) in [6.07, 6.45) is 2.06. The number of aromatic nitrogens is 1. The van der Waals surface area contributed by atoms with Gasteiger partial charge in [0.15, 0.2) is 0 Å². The number of nitrogens with two attached hydrogens (primary N) is 1. The Kier molecular flexibility index (Phi) is 3.82. The lowest BCUT2D eigenvalue weighted by atomic mass is 9.46. The van der Waals surface area contributed by atoms with Crippen LogP contribution in [0.1, 0.15) is 37.4 Å². The zero-order chi connectivity index (χ0) is 16.1. The number of nitrogens with zero attached hydrogens (tertiary/aromatic N) is 2.